The predicted molar refractivity (Wildman–Crippen MR) is 101 cm³/mol. The lowest BCUT2D eigenvalue weighted by atomic mass is 9.99. The van der Waals surface area contributed by atoms with Crippen LogP contribution in [0.5, 0.6) is 5.75 Å². The molecule has 0 spiro atoms. The third kappa shape index (κ3) is 3.40. The number of methoxy groups -OCH3 is 1. The summed E-state index contributed by atoms with van der Waals surface area (Å²) in [5.41, 5.74) is 3.08. The average Bonchev–Trinajstić information content (AvgIpc) is 3.09. The number of nitriles is 1. The maximum Gasteiger partial charge on any atom is 0.339 e. The van der Waals surface area contributed by atoms with Crippen LogP contribution in [0.1, 0.15) is 41.4 Å². The number of benzene rings is 2. The largest absolute Gasteiger partial charge is 0.497 e. The molecule has 2 aromatic carbocycles. The van der Waals surface area contributed by atoms with Gasteiger partial charge >= 0.3 is 5.97 Å². The van der Waals surface area contributed by atoms with Crippen LogP contribution in [0.4, 0.5) is 0 Å². The van der Waals surface area contributed by atoms with Crippen molar-refractivity contribution in [3.8, 4) is 28.8 Å². The Balaban J connectivity index is 2.24. The number of aromatic nitrogens is 2. The first kappa shape index (κ1) is 18.2. The topological polar surface area (TPSA) is 88.1 Å². The van der Waals surface area contributed by atoms with Gasteiger partial charge in [-0.25, -0.2) is 9.48 Å². The Morgan fingerprint density at radius 1 is 1.15 bits per heavy atom. The molecule has 0 unspecified atom stereocenters. The van der Waals surface area contributed by atoms with Crippen molar-refractivity contribution in [3.05, 3.63) is 65.4 Å². The first-order valence-electron chi connectivity index (χ1n) is 8.47. The second kappa shape index (κ2) is 7.34. The zero-order valence-corrected chi connectivity index (χ0v) is 15.3. The van der Waals surface area contributed by atoms with Crippen molar-refractivity contribution in [1.29, 1.82) is 5.26 Å². The predicted octanol–water partition coefficient (Wildman–Crippen LogP) is 4.24. The molecule has 6 nitrogen and oxygen atoms in total. The lowest BCUT2D eigenvalue weighted by Gasteiger charge is -2.11. The molecule has 0 aliphatic rings. The Hall–Kier alpha value is -3.59. The van der Waals surface area contributed by atoms with E-state index in [1.807, 2.05) is 38.1 Å². The fraction of sp³-hybridized carbons (Fsp3) is 0.190. The molecule has 6 heteroatoms. The third-order valence-corrected chi connectivity index (χ3v) is 4.29. The van der Waals surface area contributed by atoms with Crippen molar-refractivity contribution in [2.24, 2.45) is 0 Å². The minimum absolute atomic E-state index is 0.0576. The quantitative estimate of drug-likeness (QED) is 0.734. The Labute approximate surface area is 157 Å². The number of nitrogens with zero attached hydrogens (tertiary/aromatic N) is 3. The van der Waals surface area contributed by atoms with Crippen molar-refractivity contribution in [3.63, 3.8) is 0 Å². The van der Waals surface area contributed by atoms with E-state index < -0.39 is 5.97 Å². The SMILES string of the molecule is COc1ccc(-n2nc(-c3ccc(C#N)cc3)c(C(=O)O)c2C(C)C)cc1. The van der Waals surface area contributed by atoms with Crippen molar-refractivity contribution in [2.75, 3.05) is 7.11 Å². The third-order valence-electron chi connectivity index (χ3n) is 4.29. The van der Waals surface area contributed by atoms with Crippen molar-refractivity contribution < 1.29 is 14.6 Å². The molecule has 0 aliphatic carbocycles. The number of aromatic carboxylic acids is 1. The average molecular weight is 361 g/mol. The van der Waals surface area contributed by atoms with Crippen molar-refractivity contribution >= 4 is 5.97 Å². The molecular formula is C21H19N3O3. The molecule has 0 fully saturated rings. The highest BCUT2D eigenvalue weighted by atomic mass is 16.5. The minimum Gasteiger partial charge on any atom is -0.497 e. The molecule has 0 bridgehead atoms. The second-order valence-corrected chi connectivity index (χ2v) is 6.37. The van der Waals surface area contributed by atoms with E-state index in [0.717, 1.165) is 5.69 Å². The van der Waals surface area contributed by atoms with E-state index >= 15 is 0 Å². The highest BCUT2D eigenvalue weighted by molar-refractivity contribution is 5.96. The second-order valence-electron chi connectivity index (χ2n) is 6.37. The van der Waals surface area contributed by atoms with Gasteiger partial charge in [0.15, 0.2) is 0 Å². The molecule has 0 aliphatic heterocycles. The Kier molecular flexibility index (Phi) is 4.95. The van der Waals surface area contributed by atoms with Crippen LogP contribution in [0.15, 0.2) is 48.5 Å². The van der Waals surface area contributed by atoms with Gasteiger partial charge < -0.3 is 9.84 Å². The molecule has 3 aromatic rings. The molecule has 0 amide bonds. The fourth-order valence-corrected chi connectivity index (χ4v) is 3.00. The molecule has 1 N–H and O–H groups in total. The van der Waals surface area contributed by atoms with Crippen molar-refractivity contribution in [1.82, 2.24) is 9.78 Å². The molecular weight excluding hydrogens is 342 g/mol. The lowest BCUT2D eigenvalue weighted by Crippen LogP contribution is -2.08. The lowest BCUT2D eigenvalue weighted by molar-refractivity contribution is 0.0696. The summed E-state index contributed by atoms with van der Waals surface area (Å²) in [4.78, 5) is 12.1. The van der Waals surface area contributed by atoms with E-state index in [1.54, 1.807) is 36.1 Å². The number of ether oxygens (including phenoxy) is 1. The van der Waals surface area contributed by atoms with E-state index in [0.29, 0.717) is 28.3 Å². The van der Waals surface area contributed by atoms with E-state index in [1.165, 1.54) is 0 Å². The summed E-state index contributed by atoms with van der Waals surface area (Å²) in [5.74, 6) is -0.376. The van der Waals surface area contributed by atoms with Crippen LogP contribution in [0.3, 0.4) is 0 Å². The Morgan fingerprint density at radius 3 is 2.26 bits per heavy atom. The number of carboxylic acids is 1. The number of carboxylic acid groups (broad SMARTS) is 1. The van der Waals surface area contributed by atoms with Gasteiger partial charge in [0, 0.05) is 5.56 Å². The molecule has 1 aromatic heterocycles. The standard InChI is InChI=1S/C21H19N3O3/c1-13(2)20-18(21(25)26)19(15-6-4-14(12-22)5-7-15)23-24(20)16-8-10-17(27-3)11-9-16/h4-11,13H,1-3H3,(H,25,26). The highest BCUT2D eigenvalue weighted by Crippen LogP contribution is 2.32. The van der Waals surface area contributed by atoms with Gasteiger partial charge in [-0.2, -0.15) is 10.4 Å². The Morgan fingerprint density at radius 2 is 1.78 bits per heavy atom. The summed E-state index contributed by atoms with van der Waals surface area (Å²) < 4.78 is 6.86. The normalized spacial score (nSPS) is 10.6. The van der Waals surface area contributed by atoms with Crippen LogP contribution < -0.4 is 4.74 Å². The minimum atomic E-state index is -1.03. The van der Waals surface area contributed by atoms with Gasteiger partial charge in [0.2, 0.25) is 0 Å². The number of rotatable bonds is 5. The monoisotopic (exact) mass is 361 g/mol. The first-order chi connectivity index (χ1) is 13.0. The zero-order chi connectivity index (χ0) is 19.6. The molecule has 27 heavy (non-hydrogen) atoms. The van der Waals surface area contributed by atoms with E-state index in [-0.39, 0.29) is 11.5 Å². The van der Waals surface area contributed by atoms with Crippen LogP contribution in [-0.4, -0.2) is 28.0 Å². The first-order valence-corrected chi connectivity index (χ1v) is 8.47. The van der Waals surface area contributed by atoms with E-state index in [2.05, 4.69) is 11.2 Å². The van der Waals surface area contributed by atoms with E-state index in [4.69, 9.17) is 10.00 Å². The maximum absolute atomic E-state index is 12.1. The molecule has 0 saturated heterocycles. The van der Waals surface area contributed by atoms with Crippen molar-refractivity contribution in [2.45, 2.75) is 19.8 Å². The molecule has 0 saturated carbocycles. The van der Waals surface area contributed by atoms with Gasteiger partial charge in [0.1, 0.15) is 17.0 Å². The van der Waals surface area contributed by atoms with Gasteiger partial charge in [0.25, 0.3) is 0 Å². The summed E-state index contributed by atoms with van der Waals surface area (Å²) in [6, 6.07) is 16.1. The summed E-state index contributed by atoms with van der Waals surface area (Å²) >= 11 is 0. The van der Waals surface area contributed by atoms with Gasteiger partial charge in [0.05, 0.1) is 30.1 Å². The summed E-state index contributed by atoms with van der Waals surface area (Å²) in [5, 5.41) is 23.5. The van der Waals surface area contributed by atoms with Crippen LogP contribution in [-0.2, 0) is 0 Å². The smallest absolute Gasteiger partial charge is 0.339 e. The summed E-state index contributed by atoms with van der Waals surface area (Å²) in [6.07, 6.45) is 0. The number of hydrogen-bond acceptors (Lipinski definition) is 4. The van der Waals surface area contributed by atoms with Crippen LogP contribution >= 0.6 is 0 Å². The van der Waals surface area contributed by atoms with E-state index in [9.17, 15) is 9.90 Å². The number of hydrogen-bond donors (Lipinski definition) is 1. The summed E-state index contributed by atoms with van der Waals surface area (Å²) in [7, 11) is 1.59. The summed E-state index contributed by atoms with van der Waals surface area (Å²) in [6.45, 7) is 3.87. The van der Waals surface area contributed by atoms with Crippen LogP contribution in [0.25, 0.3) is 16.9 Å². The van der Waals surface area contributed by atoms with Crippen LogP contribution in [0.2, 0.25) is 0 Å². The maximum atomic E-state index is 12.1. The Bertz CT molecular complexity index is 1010. The molecule has 3 rings (SSSR count). The number of carbonyl (C=O) groups is 1. The molecule has 136 valence electrons. The molecule has 0 radical (unpaired) electrons. The molecule has 0 atom stereocenters. The molecule has 1 heterocycles. The van der Waals surface area contributed by atoms with Gasteiger partial charge in [-0.05, 0) is 42.3 Å². The fourth-order valence-electron chi connectivity index (χ4n) is 3.00. The highest BCUT2D eigenvalue weighted by Gasteiger charge is 2.27. The zero-order valence-electron chi connectivity index (χ0n) is 15.3. The van der Waals surface area contributed by atoms with Gasteiger partial charge in [-0.3, -0.25) is 0 Å². The van der Waals surface area contributed by atoms with Crippen LogP contribution in [0, 0.1) is 11.3 Å². The van der Waals surface area contributed by atoms with Gasteiger partial charge in [-0.1, -0.05) is 26.0 Å². The van der Waals surface area contributed by atoms with Gasteiger partial charge in [-0.15, -0.1) is 0 Å².